The summed E-state index contributed by atoms with van der Waals surface area (Å²) < 4.78 is 0. The predicted molar refractivity (Wildman–Crippen MR) is 140 cm³/mol. The van der Waals surface area contributed by atoms with Crippen molar-refractivity contribution in [3.8, 4) is 6.07 Å². The maximum atomic E-state index is 12.8. The van der Waals surface area contributed by atoms with E-state index in [-0.39, 0.29) is 40.9 Å². The second-order valence-electron chi connectivity index (χ2n) is 8.70. The van der Waals surface area contributed by atoms with E-state index < -0.39 is 0 Å². The van der Waals surface area contributed by atoms with Gasteiger partial charge in [-0.1, -0.05) is 23.2 Å². The number of urea groups is 1. The molecule has 0 unspecified atom stereocenters. The van der Waals surface area contributed by atoms with Crippen LogP contribution in [0.4, 0.5) is 4.79 Å². The Hall–Kier alpha value is -2.42. The van der Waals surface area contributed by atoms with Gasteiger partial charge in [0.05, 0.1) is 11.6 Å². The molecule has 1 aliphatic heterocycles. The highest BCUT2D eigenvalue weighted by atomic mass is 35.5. The molecule has 1 atom stereocenters. The van der Waals surface area contributed by atoms with Crippen LogP contribution in [0.2, 0.25) is 10.3 Å². The summed E-state index contributed by atoms with van der Waals surface area (Å²) in [7, 11) is 0. The SMILES string of the molecule is Cc1cc(Cl)nc(Cl)c1C(=O)NCC[C@@H](C)N1CCC(N(Cc2ccsc2)C(=O)NOCC#N)CC1. The third-order valence-electron chi connectivity index (χ3n) is 6.27. The van der Waals surface area contributed by atoms with Gasteiger partial charge in [-0.3, -0.25) is 9.63 Å². The Kier molecular flexibility index (Phi) is 10.8. The molecule has 0 radical (unpaired) electrons. The summed E-state index contributed by atoms with van der Waals surface area (Å²) in [5.41, 5.74) is 4.47. The summed E-state index contributed by atoms with van der Waals surface area (Å²) >= 11 is 13.6. The van der Waals surface area contributed by atoms with Crippen molar-refractivity contribution in [2.24, 2.45) is 0 Å². The largest absolute Gasteiger partial charge is 0.352 e. The zero-order valence-electron chi connectivity index (χ0n) is 20.3. The number of rotatable bonds is 10. The summed E-state index contributed by atoms with van der Waals surface area (Å²) in [5, 5.41) is 16.0. The van der Waals surface area contributed by atoms with Crippen LogP contribution in [0, 0.1) is 18.3 Å². The van der Waals surface area contributed by atoms with Crippen LogP contribution in [-0.2, 0) is 11.4 Å². The average molecular weight is 554 g/mol. The molecule has 1 aliphatic rings. The summed E-state index contributed by atoms with van der Waals surface area (Å²) in [5.74, 6) is -0.263. The molecule has 0 saturated carbocycles. The lowest BCUT2D eigenvalue weighted by Gasteiger charge is -2.40. The molecule has 1 saturated heterocycles. The highest BCUT2D eigenvalue weighted by Gasteiger charge is 2.30. The number of pyridine rings is 1. The lowest BCUT2D eigenvalue weighted by Crippen LogP contribution is -2.51. The van der Waals surface area contributed by atoms with Crippen LogP contribution in [0.25, 0.3) is 0 Å². The first-order chi connectivity index (χ1) is 17.3. The molecular formula is C24H30Cl2N6O3S. The summed E-state index contributed by atoms with van der Waals surface area (Å²) in [6, 6.07) is 5.44. The zero-order valence-corrected chi connectivity index (χ0v) is 22.6. The molecule has 3 rings (SSSR count). The van der Waals surface area contributed by atoms with Crippen LogP contribution in [0.5, 0.6) is 0 Å². The number of nitriles is 1. The first-order valence-corrected chi connectivity index (χ1v) is 13.4. The molecule has 0 aromatic carbocycles. The van der Waals surface area contributed by atoms with Gasteiger partial charge in [-0.2, -0.15) is 16.6 Å². The Morgan fingerprint density at radius 1 is 1.39 bits per heavy atom. The number of nitrogens with one attached hydrogen (secondary N) is 2. The average Bonchev–Trinajstić information content (AvgIpc) is 3.35. The van der Waals surface area contributed by atoms with Crippen LogP contribution >= 0.6 is 34.5 Å². The first kappa shape index (κ1) is 28.2. The first-order valence-electron chi connectivity index (χ1n) is 11.7. The van der Waals surface area contributed by atoms with E-state index in [1.165, 1.54) is 0 Å². The topological polar surface area (TPSA) is 111 Å². The van der Waals surface area contributed by atoms with Crippen molar-refractivity contribution in [3.05, 3.63) is 49.9 Å². The monoisotopic (exact) mass is 552 g/mol. The lowest BCUT2D eigenvalue weighted by molar-refractivity contribution is 0.0451. The second kappa shape index (κ2) is 13.8. The van der Waals surface area contributed by atoms with Gasteiger partial charge >= 0.3 is 6.03 Å². The Bertz CT molecular complexity index is 1050. The van der Waals surface area contributed by atoms with Crippen molar-refractivity contribution in [1.82, 2.24) is 25.6 Å². The van der Waals surface area contributed by atoms with Crippen LogP contribution in [0.15, 0.2) is 22.9 Å². The van der Waals surface area contributed by atoms with Crippen molar-refractivity contribution in [2.75, 3.05) is 26.2 Å². The number of amides is 3. The minimum absolute atomic E-state index is 0.0567. The fourth-order valence-corrected chi connectivity index (χ4v) is 5.58. The number of hydrogen-bond acceptors (Lipinski definition) is 7. The van der Waals surface area contributed by atoms with Gasteiger partial charge in [0.1, 0.15) is 10.3 Å². The van der Waals surface area contributed by atoms with E-state index in [1.807, 2.05) is 22.9 Å². The molecule has 3 amide bonds. The van der Waals surface area contributed by atoms with Gasteiger partial charge in [0.2, 0.25) is 0 Å². The van der Waals surface area contributed by atoms with E-state index in [1.54, 1.807) is 29.2 Å². The zero-order chi connectivity index (χ0) is 26.1. The molecule has 1 fully saturated rings. The van der Waals surface area contributed by atoms with Gasteiger partial charge in [-0.05, 0) is 67.1 Å². The number of piperidine rings is 1. The minimum Gasteiger partial charge on any atom is -0.352 e. The highest BCUT2D eigenvalue weighted by molar-refractivity contribution is 7.07. The molecule has 194 valence electrons. The standard InChI is InChI=1S/C24H30Cl2N6O3S/c1-16-13-20(25)29-22(26)21(16)23(33)28-8-3-17(2)31-9-4-19(5-10-31)32(14-18-6-12-36-15-18)24(34)30-35-11-7-27/h6,12-13,15,17,19H,3-5,8-11,14H2,1-2H3,(H,28,33)(H,30,34)/t17-/m1/s1. The number of hydroxylamine groups is 1. The van der Waals surface area contributed by atoms with Gasteiger partial charge in [-0.25, -0.2) is 15.3 Å². The van der Waals surface area contributed by atoms with Crippen molar-refractivity contribution in [1.29, 1.82) is 5.26 Å². The molecule has 12 heteroatoms. The Morgan fingerprint density at radius 3 is 2.78 bits per heavy atom. The lowest BCUT2D eigenvalue weighted by atomic mass is 10.0. The van der Waals surface area contributed by atoms with Gasteiger partial charge < -0.3 is 15.1 Å². The smallest absolute Gasteiger partial charge is 0.341 e. The molecule has 2 N–H and O–H groups in total. The maximum absolute atomic E-state index is 12.8. The quantitative estimate of drug-likeness (QED) is 0.257. The molecule has 0 spiro atoms. The maximum Gasteiger partial charge on any atom is 0.341 e. The number of likely N-dealkylation sites (tertiary alicyclic amines) is 1. The van der Waals surface area contributed by atoms with Crippen molar-refractivity contribution in [2.45, 2.75) is 51.7 Å². The third-order valence-corrected chi connectivity index (χ3v) is 7.47. The normalized spacial score (nSPS) is 15.2. The number of halogens is 2. The van der Waals surface area contributed by atoms with E-state index in [0.717, 1.165) is 37.9 Å². The van der Waals surface area contributed by atoms with Gasteiger partial charge in [-0.15, -0.1) is 0 Å². The molecule has 36 heavy (non-hydrogen) atoms. The predicted octanol–water partition coefficient (Wildman–Crippen LogP) is 4.40. The molecule has 0 bridgehead atoms. The molecule has 2 aromatic rings. The summed E-state index contributed by atoms with van der Waals surface area (Å²) in [4.78, 5) is 38.4. The number of carbonyl (C=O) groups excluding carboxylic acids is 2. The van der Waals surface area contributed by atoms with Crippen molar-refractivity contribution in [3.63, 3.8) is 0 Å². The van der Waals surface area contributed by atoms with Gasteiger partial charge in [0.25, 0.3) is 5.91 Å². The van der Waals surface area contributed by atoms with E-state index in [4.69, 9.17) is 33.3 Å². The van der Waals surface area contributed by atoms with E-state index in [9.17, 15) is 9.59 Å². The Balaban J connectivity index is 1.49. The molecule has 3 heterocycles. The van der Waals surface area contributed by atoms with Gasteiger partial charge in [0, 0.05) is 38.3 Å². The van der Waals surface area contributed by atoms with E-state index >= 15 is 0 Å². The number of nitrogens with zero attached hydrogens (tertiary/aromatic N) is 4. The fraction of sp³-hybridized carbons (Fsp3) is 0.500. The van der Waals surface area contributed by atoms with Crippen molar-refractivity contribution >= 4 is 46.5 Å². The summed E-state index contributed by atoms with van der Waals surface area (Å²) in [6.07, 6.45) is 2.41. The molecule has 9 nitrogen and oxygen atoms in total. The number of aryl methyl sites for hydroxylation is 1. The van der Waals surface area contributed by atoms with Crippen LogP contribution < -0.4 is 10.8 Å². The van der Waals surface area contributed by atoms with Crippen molar-refractivity contribution < 1.29 is 14.4 Å². The molecule has 0 aliphatic carbocycles. The van der Waals surface area contributed by atoms with Crippen LogP contribution in [0.1, 0.15) is 47.7 Å². The number of thiophene rings is 1. The second-order valence-corrected chi connectivity index (χ2v) is 10.2. The molecule has 2 aromatic heterocycles. The van der Waals surface area contributed by atoms with E-state index in [0.29, 0.717) is 24.2 Å². The Morgan fingerprint density at radius 2 is 2.14 bits per heavy atom. The fourth-order valence-electron chi connectivity index (χ4n) is 4.31. The van der Waals surface area contributed by atoms with Crippen LogP contribution in [-0.4, -0.2) is 65.0 Å². The van der Waals surface area contributed by atoms with Gasteiger partial charge in [0.15, 0.2) is 6.61 Å². The van der Waals surface area contributed by atoms with E-state index in [2.05, 4.69) is 27.6 Å². The number of hydrogen-bond donors (Lipinski definition) is 2. The minimum atomic E-state index is -0.337. The Labute approximate surface area is 225 Å². The molecular weight excluding hydrogens is 523 g/mol. The highest BCUT2D eigenvalue weighted by Crippen LogP contribution is 2.23. The summed E-state index contributed by atoms with van der Waals surface area (Å²) in [6.45, 7) is 6.36. The van der Waals surface area contributed by atoms with Crippen LogP contribution in [0.3, 0.4) is 0 Å². The third kappa shape index (κ3) is 7.79. The number of carbonyl (C=O) groups is 2. The number of aromatic nitrogens is 1.